The molecular weight excluding hydrogens is 420 g/mol. The third-order valence-corrected chi connectivity index (χ3v) is 3.62. The van der Waals surface area contributed by atoms with Gasteiger partial charge in [-0.25, -0.2) is 5.43 Å². The van der Waals surface area contributed by atoms with Crippen LogP contribution in [0.4, 0.5) is 0 Å². The fourth-order valence-electron chi connectivity index (χ4n) is 1.52. The van der Waals surface area contributed by atoms with E-state index in [1.165, 1.54) is 30.5 Å². The summed E-state index contributed by atoms with van der Waals surface area (Å²) in [5.41, 5.74) is 3.15. The minimum Gasteiger partial charge on any atom is -0.508 e. The van der Waals surface area contributed by atoms with Crippen LogP contribution in [0.3, 0.4) is 0 Å². The Hall–Kier alpha value is -1.90. The first-order valence-corrected chi connectivity index (χ1v) is 7.36. The number of carbonyl (C=O) groups excluding carboxylic acids is 1. The second-order valence-corrected chi connectivity index (χ2v) is 5.84. The van der Waals surface area contributed by atoms with Crippen molar-refractivity contribution in [2.24, 2.45) is 5.10 Å². The number of carbonyl (C=O) groups is 1. The molecule has 0 saturated carbocycles. The van der Waals surface area contributed by atoms with E-state index < -0.39 is 5.91 Å². The van der Waals surface area contributed by atoms with E-state index >= 15 is 0 Å². The normalized spacial score (nSPS) is 10.3. The Labute approximate surface area is 143 Å². The van der Waals surface area contributed by atoms with Gasteiger partial charge in [-0.05, 0) is 52.3 Å². The number of aromatic hydroxyl groups is 2. The van der Waals surface area contributed by atoms with E-state index in [0.29, 0.717) is 15.6 Å². The summed E-state index contributed by atoms with van der Waals surface area (Å²) in [6, 6.07) is 9.14. The Morgan fingerprint density at radius 1 is 1.14 bits per heavy atom. The van der Waals surface area contributed by atoms with Gasteiger partial charge in [0, 0.05) is 15.6 Å². The van der Waals surface area contributed by atoms with Gasteiger partial charge in [-0.1, -0.05) is 15.9 Å². The van der Waals surface area contributed by atoms with Crippen molar-refractivity contribution < 1.29 is 20.5 Å². The summed E-state index contributed by atoms with van der Waals surface area (Å²) in [4.78, 5) is 11.8. The summed E-state index contributed by atoms with van der Waals surface area (Å²) >= 11 is 6.51. The number of amides is 1. The molecule has 0 spiro atoms. The number of nitrogens with one attached hydrogen (secondary N) is 1. The summed E-state index contributed by atoms with van der Waals surface area (Å²) in [5.74, 6) is -0.306. The lowest BCUT2D eigenvalue weighted by Gasteiger charge is -2.03. The molecule has 1 amide bonds. The second kappa shape index (κ2) is 7.92. The minimum absolute atomic E-state index is 0. The lowest BCUT2D eigenvalue weighted by Crippen LogP contribution is -2.17. The number of phenolic OH excluding ortho intramolecular Hbond substituents is 2. The summed E-state index contributed by atoms with van der Waals surface area (Å²) in [5, 5.41) is 22.8. The molecule has 116 valence electrons. The molecule has 0 heterocycles. The summed E-state index contributed by atoms with van der Waals surface area (Å²) in [6.45, 7) is 0. The Morgan fingerprint density at radius 3 is 2.41 bits per heavy atom. The van der Waals surface area contributed by atoms with Crippen molar-refractivity contribution in [3.63, 3.8) is 0 Å². The van der Waals surface area contributed by atoms with E-state index in [-0.39, 0.29) is 17.0 Å². The van der Waals surface area contributed by atoms with Crippen LogP contribution in [0.1, 0.15) is 15.9 Å². The van der Waals surface area contributed by atoms with Crippen LogP contribution in [0.5, 0.6) is 11.5 Å². The highest BCUT2D eigenvalue weighted by atomic mass is 79.9. The van der Waals surface area contributed by atoms with Crippen molar-refractivity contribution in [3.8, 4) is 11.5 Å². The molecule has 0 aliphatic rings. The molecule has 6 nitrogen and oxygen atoms in total. The molecule has 0 bridgehead atoms. The molecule has 22 heavy (non-hydrogen) atoms. The topological polar surface area (TPSA) is 113 Å². The van der Waals surface area contributed by atoms with Gasteiger partial charge in [-0.2, -0.15) is 5.10 Å². The van der Waals surface area contributed by atoms with Crippen LogP contribution >= 0.6 is 31.9 Å². The molecule has 0 aliphatic carbocycles. The van der Waals surface area contributed by atoms with Crippen molar-refractivity contribution in [1.82, 2.24) is 5.43 Å². The molecule has 0 unspecified atom stereocenters. The largest absolute Gasteiger partial charge is 0.508 e. The Bertz CT molecular complexity index is 703. The van der Waals surface area contributed by atoms with E-state index in [1.54, 1.807) is 12.1 Å². The van der Waals surface area contributed by atoms with E-state index in [2.05, 4.69) is 42.4 Å². The van der Waals surface area contributed by atoms with Gasteiger partial charge in [0.15, 0.2) is 0 Å². The highest BCUT2D eigenvalue weighted by Gasteiger charge is 2.06. The van der Waals surface area contributed by atoms with Crippen LogP contribution < -0.4 is 5.43 Å². The maximum absolute atomic E-state index is 11.8. The van der Waals surface area contributed by atoms with E-state index in [4.69, 9.17) is 5.11 Å². The Morgan fingerprint density at radius 2 is 1.77 bits per heavy atom. The number of halogens is 2. The molecule has 0 aromatic heterocycles. The molecule has 8 heteroatoms. The van der Waals surface area contributed by atoms with Crippen LogP contribution in [-0.4, -0.2) is 27.8 Å². The van der Waals surface area contributed by atoms with E-state index in [0.717, 1.165) is 4.47 Å². The maximum Gasteiger partial charge on any atom is 0.271 e. The average Bonchev–Trinajstić information content (AvgIpc) is 2.44. The fourth-order valence-corrected chi connectivity index (χ4v) is 2.78. The predicted molar refractivity (Wildman–Crippen MR) is 90.3 cm³/mol. The molecule has 2 aromatic carbocycles. The SMILES string of the molecule is O.O=C(N/N=C/c1cc(Br)cc(Br)c1O)c1ccc(O)cc1. The number of hydrazone groups is 1. The maximum atomic E-state index is 11.8. The first kappa shape index (κ1) is 18.1. The van der Waals surface area contributed by atoms with Crippen molar-refractivity contribution in [1.29, 1.82) is 0 Å². The number of benzene rings is 2. The van der Waals surface area contributed by atoms with Crippen LogP contribution in [-0.2, 0) is 0 Å². The molecule has 2 aromatic rings. The molecule has 5 N–H and O–H groups in total. The Kier molecular flexibility index (Phi) is 6.54. The van der Waals surface area contributed by atoms with Crippen LogP contribution in [0.15, 0.2) is 50.4 Å². The number of rotatable bonds is 3. The average molecular weight is 432 g/mol. The van der Waals surface area contributed by atoms with Gasteiger partial charge < -0.3 is 15.7 Å². The molecular formula is C14H12Br2N2O4. The standard InChI is InChI=1S/C14H10Br2N2O3.H2O/c15-10-5-9(13(20)12(16)6-10)7-17-18-14(21)8-1-3-11(19)4-2-8;/h1-7,19-20H,(H,18,21);1H2/b17-7+;. The van der Waals surface area contributed by atoms with E-state index in [1.807, 2.05) is 0 Å². The van der Waals surface area contributed by atoms with Gasteiger partial charge in [0.1, 0.15) is 11.5 Å². The third-order valence-electron chi connectivity index (χ3n) is 2.56. The molecule has 0 radical (unpaired) electrons. The zero-order valence-corrected chi connectivity index (χ0v) is 14.2. The van der Waals surface area contributed by atoms with Crippen molar-refractivity contribution in [3.05, 3.63) is 56.5 Å². The van der Waals surface area contributed by atoms with Gasteiger partial charge in [0.25, 0.3) is 5.91 Å². The molecule has 2 rings (SSSR count). The predicted octanol–water partition coefficient (Wildman–Crippen LogP) is 2.56. The first-order chi connectivity index (χ1) is 9.97. The minimum atomic E-state index is -0.417. The zero-order valence-electron chi connectivity index (χ0n) is 11.0. The number of hydrogen-bond acceptors (Lipinski definition) is 4. The lowest BCUT2D eigenvalue weighted by atomic mass is 10.2. The number of hydrogen-bond donors (Lipinski definition) is 3. The quantitative estimate of drug-likeness (QED) is 0.512. The van der Waals surface area contributed by atoms with Gasteiger partial charge in [0.05, 0.1) is 10.7 Å². The third kappa shape index (κ3) is 4.55. The van der Waals surface area contributed by atoms with Crippen molar-refractivity contribution in [2.45, 2.75) is 0 Å². The van der Waals surface area contributed by atoms with Gasteiger partial charge in [-0.15, -0.1) is 0 Å². The molecule has 0 atom stereocenters. The Balaban J connectivity index is 0.00000242. The van der Waals surface area contributed by atoms with Gasteiger partial charge >= 0.3 is 0 Å². The highest BCUT2D eigenvalue weighted by molar-refractivity contribution is 9.11. The fraction of sp³-hybridized carbons (Fsp3) is 0. The monoisotopic (exact) mass is 430 g/mol. The second-order valence-electron chi connectivity index (χ2n) is 4.07. The molecule has 0 saturated heterocycles. The number of nitrogens with zero attached hydrogens (tertiary/aromatic N) is 1. The highest BCUT2D eigenvalue weighted by Crippen LogP contribution is 2.30. The summed E-state index contributed by atoms with van der Waals surface area (Å²) in [7, 11) is 0. The lowest BCUT2D eigenvalue weighted by molar-refractivity contribution is 0.0955. The molecule has 0 fully saturated rings. The smallest absolute Gasteiger partial charge is 0.271 e. The first-order valence-electron chi connectivity index (χ1n) is 5.78. The summed E-state index contributed by atoms with van der Waals surface area (Å²) in [6.07, 6.45) is 1.34. The number of phenols is 2. The molecule has 0 aliphatic heterocycles. The van der Waals surface area contributed by atoms with Crippen LogP contribution in [0, 0.1) is 0 Å². The van der Waals surface area contributed by atoms with Crippen molar-refractivity contribution >= 4 is 44.0 Å². The summed E-state index contributed by atoms with van der Waals surface area (Å²) < 4.78 is 1.28. The van der Waals surface area contributed by atoms with Crippen molar-refractivity contribution in [2.75, 3.05) is 0 Å². The van der Waals surface area contributed by atoms with Gasteiger partial charge in [-0.3, -0.25) is 4.79 Å². The van der Waals surface area contributed by atoms with E-state index in [9.17, 15) is 9.90 Å². The van der Waals surface area contributed by atoms with Gasteiger partial charge in [0.2, 0.25) is 0 Å². The zero-order chi connectivity index (χ0) is 15.4. The van der Waals surface area contributed by atoms with Crippen LogP contribution in [0.2, 0.25) is 0 Å². The van der Waals surface area contributed by atoms with Crippen LogP contribution in [0.25, 0.3) is 0 Å².